The first-order valence-corrected chi connectivity index (χ1v) is 6.86. The molecule has 0 amide bonds. The van der Waals surface area contributed by atoms with E-state index in [0.717, 1.165) is 18.6 Å². The number of benzene rings is 1. The van der Waals surface area contributed by atoms with E-state index in [4.69, 9.17) is 15.2 Å². The van der Waals surface area contributed by atoms with Gasteiger partial charge in [-0.25, -0.2) is 0 Å². The number of hydrogen-bond acceptors (Lipinski definition) is 3. The fraction of sp³-hybridized carbons (Fsp3) is 0.600. The van der Waals surface area contributed by atoms with Crippen molar-refractivity contribution in [2.75, 3.05) is 7.11 Å². The summed E-state index contributed by atoms with van der Waals surface area (Å²) >= 11 is 0. The van der Waals surface area contributed by atoms with E-state index in [1.165, 1.54) is 30.4 Å². The Morgan fingerprint density at radius 1 is 1.22 bits per heavy atom. The fourth-order valence-corrected chi connectivity index (χ4v) is 2.82. The van der Waals surface area contributed by atoms with Gasteiger partial charge in [-0.1, -0.05) is 6.07 Å². The summed E-state index contributed by atoms with van der Waals surface area (Å²) in [6.45, 7) is 0. The van der Waals surface area contributed by atoms with Crippen LogP contribution in [-0.4, -0.2) is 19.3 Å². The molecule has 2 aliphatic rings. The van der Waals surface area contributed by atoms with Crippen LogP contribution in [0.3, 0.4) is 0 Å². The van der Waals surface area contributed by atoms with Gasteiger partial charge in [0.2, 0.25) is 0 Å². The smallest absolute Gasteiger partial charge is 0.119 e. The highest BCUT2D eigenvalue weighted by Crippen LogP contribution is 2.35. The lowest BCUT2D eigenvalue weighted by molar-refractivity contribution is -0.0674. The van der Waals surface area contributed by atoms with E-state index in [2.05, 4.69) is 12.1 Å². The van der Waals surface area contributed by atoms with Crippen LogP contribution in [0.5, 0.6) is 5.75 Å². The summed E-state index contributed by atoms with van der Waals surface area (Å²) in [5, 5.41) is 0. The van der Waals surface area contributed by atoms with Crippen molar-refractivity contribution in [3.05, 3.63) is 29.3 Å². The third-order valence-electron chi connectivity index (χ3n) is 4.23. The van der Waals surface area contributed by atoms with Crippen LogP contribution in [0.4, 0.5) is 0 Å². The molecule has 1 saturated carbocycles. The number of methoxy groups -OCH3 is 1. The van der Waals surface area contributed by atoms with E-state index < -0.39 is 0 Å². The second-order valence-corrected chi connectivity index (χ2v) is 5.36. The molecular weight excluding hydrogens is 226 g/mol. The van der Waals surface area contributed by atoms with Crippen molar-refractivity contribution in [1.82, 2.24) is 0 Å². The minimum absolute atomic E-state index is 0.00977. The van der Waals surface area contributed by atoms with Gasteiger partial charge in [0, 0.05) is 0 Å². The zero-order valence-corrected chi connectivity index (χ0v) is 10.9. The van der Waals surface area contributed by atoms with Crippen molar-refractivity contribution in [1.29, 1.82) is 0 Å². The lowest BCUT2D eigenvalue weighted by Crippen LogP contribution is -2.38. The predicted octanol–water partition coefficient (Wildman–Crippen LogP) is 2.58. The Kier molecular flexibility index (Phi) is 3.27. The van der Waals surface area contributed by atoms with E-state index in [0.29, 0.717) is 6.10 Å². The van der Waals surface area contributed by atoms with Crippen molar-refractivity contribution < 1.29 is 9.47 Å². The van der Waals surface area contributed by atoms with E-state index in [1.54, 1.807) is 7.11 Å². The molecule has 0 aliphatic heterocycles. The fourth-order valence-electron chi connectivity index (χ4n) is 2.82. The molecule has 98 valence electrons. The summed E-state index contributed by atoms with van der Waals surface area (Å²) in [6.07, 6.45) is 6.43. The first-order valence-electron chi connectivity index (χ1n) is 6.86. The van der Waals surface area contributed by atoms with Gasteiger partial charge in [-0.15, -0.1) is 0 Å². The molecule has 0 saturated heterocycles. The van der Waals surface area contributed by atoms with Crippen LogP contribution in [0.15, 0.2) is 18.2 Å². The normalized spacial score (nSPS) is 27.4. The molecule has 2 aliphatic carbocycles. The lowest BCUT2D eigenvalue weighted by Gasteiger charge is -2.36. The summed E-state index contributed by atoms with van der Waals surface area (Å²) in [5.74, 6) is 0.883. The number of rotatable bonds is 3. The minimum atomic E-state index is -0.00977. The van der Waals surface area contributed by atoms with Gasteiger partial charge in [-0.2, -0.15) is 0 Å². The standard InChI is InChI=1S/C15H21NO2/c1-17-12-7-5-10-6-8-14(15(16)13(10)9-12)18-11-3-2-4-11/h5,7,9,11,14-15H,2-4,6,8,16H2,1H3. The van der Waals surface area contributed by atoms with Crippen molar-refractivity contribution in [2.45, 2.75) is 50.4 Å². The average molecular weight is 247 g/mol. The van der Waals surface area contributed by atoms with Gasteiger partial charge in [0.05, 0.1) is 25.4 Å². The quantitative estimate of drug-likeness (QED) is 0.893. The van der Waals surface area contributed by atoms with Crippen LogP contribution in [0.1, 0.15) is 42.9 Å². The molecule has 1 aromatic rings. The lowest BCUT2D eigenvalue weighted by atomic mass is 9.85. The number of aryl methyl sites for hydroxylation is 1. The first kappa shape index (κ1) is 12.0. The third-order valence-corrected chi connectivity index (χ3v) is 4.23. The molecule has 3 rings (SSSR count). The van der Waals surface area contributed by atoms with Crippen molar-refractivity contribution >= 4 is 0 Å². The third kappa shape index (κ3) is 2.13. The zero-order chi connectivity index (χ0) is 12.5. The molecule has 3 nitrogen and oxygen atoms in total. The molecule has 0 radical (unpaired) electrons. The number of nitrogens with two attached hydrogens (primary N) is 1. The largest absolute Gasteiger partial charge is 0.497 e. The Morgan fingerprint density at radius 3 is 2.72 bits per heavy atom. The SMILES string of the molecule is COc1ccc2c(c1)C(N)C(OC1CCC1)CC2. The van der Waals surface area contributed by atoms with Crippen LogP contribution in [0.25, 0.3) is 0 Å². The molecular formula is C15H21NO2. The van der Waals surface area contributed by atoms with Crippen LogP contribution < -0.4 is 10.5 Å². The Balaban J connectivity index is 1.78. The maximum Gasteiger partial charge on any atom is 0.119 e. The minimum Gasteiger partial charge on any atom is -0.497 e. The topological polar surface area (TPSA) is 44.5 Å². The van der Waals surface area contributed by atoms with E-state index in [1.807, 2.05) is 6.07 Å². The van der Waals surface area contributed by atoms with Crippen molar-refractivity contribution in [3.8, 4) is 5.75 Å². The molecule has 0 bridgehead atoms. The van der Waals surface area contributed by atoms with E-state index in [-0.39, 0.29) is 12.1 Å². The molecule has 1 aromatic carbocycles. The zero-order valence-electron chi connectivity index (χ0n) is 10.9. The van der Waals surface area contributed by atoms with Gasteiger partial charge in [0.15, 0.2) is 0 Å². The Morgan fingerprint density at radius 2 is 2.06 bits per heavy atom. The molecule has 0 aromatic heterocycles. The highest BCUT2D eigenvalue weighted by atomic mass is 16.5. The van der Waals surface area contributed by atoms with Crippen LogP contribution in [-0.2, 0) is 11.2 Å². The van der Waals surface area contributed by atoms with Gasteiger partial charge in [0.1, 0.15) is 5.75 Å². The number of hydrogen-bond donors (Lipinski definition) is 1. The van der Waals surface area contributed by atoms with Gasteiger partial charge in [-0.05, 0) is 55.4 Å². The van der Waals surface area contributed by atoms with Crippen molar-refractivity contribution in [3.63, 3.8) is 0 Å². The highest BCUT2D eigenvalue weighted by molar-refractivity contribution is 5.39. The second-order valence-electron chi connectivity index (χ2n) is 5.36. The Hall–Kier alpha value is -1.06. The molecule has 2 atom stereocenters. The number of fused-ring (bicyclic) bond motifs is 1. The molecule has 3 heteroatoms. The molecule has 2 N–H and O–H groups in total. The summed E-state index contributed by atoms with van der Waals surface area (Å²) < 4.78 is 11.4. The predicted molar refractivity (Wildman–Crippen MR) is 70.8 cm³/mol. The van der Waals surface area contributed by atoms with Crippen LogP contribution in [0.2, 0.25) is 0 Å². The van der Waals surface area contributed by atoms with Crippen LogP contribution in [0, 0.1) is 0 Å². The maximum absolute atomic E-state index is 6.36. The van der Waals surface area contributed by atoms with Gasteiger partial charge < -0.3 is 15.2 Å². The van der Waals surface area contributed by atoms with E-state index in [9.17, 15) is 0 Å². The molecule has 0 heterocycles. The number of ether oxygens (including phenoxy) is 2. The highest BCUT2D eigenvalue weighted by Gasteiger charge is 2.31. The first-order chi connectivity index (χ1) is 8.78. The molecule has 2 unspecified atom stereocenters. The molecule has 0 spiro atoms. The van der Waals surface area contributed by atoms with Gasteiger partial charge >= 0.3 is 0 Å². The maximum atomic E-state index is 6.36. The van der Waals surface area contributed by atoms with Crippen LogP contribution >= 0.6 is 0 Å². The Bertz CT molecular complexity index is 429. The second kappa shape index (κ2) is 4.90. The molecule has 18 heavy (non-hydrogen) atoms. The molecule has 1 fully saturated rings. The van der Waals surface area contributed by atoms with Crippen molar-refractivity contribution in [2.24, 2.45) is 5.73 Å². The van der Waals surface area contributed by atoms with E-state index >= 15 is 0 Å². The summed E-state index contributed by atoms with van der Waals surface area (Å²) in [4.78, 5) is 0. The summed E-state index contributed by atoms with van der Waals surface area (Å²) in [7, 11) is 1.69. The Labute approximate surface area is 108 Å². The average Bonchev–Trinajstić information content (AvgIpc) is 2.35. The summed E-state index contributed by atoms with van der Waals surface area (Å²) in [5.41, 5.74) is 8.90. The summed E-state index contributed by atoms with van der Waals surface area (Å²) in [6, 6.07) is 6.20. The van der Waals surface area contributed by atoms with Gasteiger partial charge in [-0.3, -0.25) is 0 Å². The monoisotopic (exact) mass is 247 g/mol. The van der Waals surface area contributed by atoms with Gasteiger partial charge in [0.25, 0.3) is 0 Å².